The van der Waals surface area contributed by atoms with E-state index in [2.05, 4.69) is 0 Å². The van der Waals surface area contributed by atoms with Gasteiger partial charge in [-0.25, -0.2) is 0 Å². The Morgan fingerprint density at radius 1 is 0.962 bits per heavy atom. The van der Waals surface area contributed by atoms with E-state index in [1.54, 1.807) is 42.5 Å². The summed E-state index contributed by atoms with van der Waals surface area (Å²) in [7, 11) is 0. The predicted molar refractivity (Wildman–Crippen MR) is 101 cm³/mol. The smallest absolute Gasteiger partial charge is 0.275 e. The van der Waals surface area contributed by atoms with E-state index in [0.29, 0.717) is 16.3 Å². The Morgan fingerprint density at radius 3 is 2.19 bits per heavy atom. The number of hydrogen-bond acceptors (Lipinski definition) is 4. The van der Waals surface area contributed by atoms with Gasteiger partial charge in [0.05, 0.1) is 5.69 Å². The number of para-hydroxylation sites is 1. The van der Waals surface area contributed by atoms with Crippen LogP contribution in [-0.2, 0) is 0 Å². The maximum absolute atomic E-state index is 12.9. The third kappa shape index (κ3) is 2.80. The zero-order valence-electron chi connectivity index (χ0n) is 13.2. The second-order valence-corrected chi connectivity index (χ2v) is 6.18. The fourth-order valence-corrected chi connectivity index (χ4v) is 3.21. The van der Waals surface area contributed by atoms with Crippen LogP contribution in [-0.4, -0.2) is 4.57 Å². The summed E-state index contributed by atoms with van der Waals surface area (Å²) in [5, 5.41) is 19.9. The van der Waals surface area contributed by atoms with Crippen molar-refractivity contribution in [1.29, 1.82) is 10.5 Å². The highest BCUT2D eigenvalue weighted by Gasteiger charge is 2.23. The van der Waals surface area contributed by atoms with Crippen molar-refractivity contribution in [2.45, 2.75) is 0 Å². The number of aromatic nitrogens is 1. The summed E-state index contributed by atoms with van der Waals surface area (Å²) < 4.78 is 1.14. The van der Waals surface area contributed by atoms with Gasteiger partial charge in [0.25, 0.3) is 5.56 Å². The van der Waals surface area contributed by atoms with E-state index in [4.69, 9.17) is 28.9 Å². The van der Waals surface area contributed by atoms with Crippen molar-refractivity contribution < 1.29 is 0 Å². The molecule has 0 bridgehead atoms. The Bertz CT molecular complexity index is 1160. The number of pyridine rings is 1. The standard InChI is InChI=1S/C19H10Cl2N4O/c20-11-6-7-13(16(21)8-11)17-14(9-22)18(24)25(19(26)15(17)10-23)12-4-2-1-3-5-12/h1-8H,24H2. The molecular formula is C19H10Cl2N4O. The number of halogens is 2. The zero-order valence-corrected chi connectivity index (χ0v) is 14.7. The van der Waals surface area contributed by atoms with Gasteiger partial charge in [-0.3, -0.25) is 9.36 Å². The normalized spacial score (nSPS) is 10.2. The molecule has 1 aromatic heterocycles. The lowest BCUT2D eigenvalue weighted by Crippen LogP contribution is -2.26. The molecule has 2 N–H and O–H groups in total. The van der Waals surface area contributed by atoms with Gasteiger partial charge in [0.15, 0.2) is 0 Å². The van der Waals surface area contributed by atoms with Gasteiger partial charge in [-0.15, -0.1) is 0 Å². The lowest BCUT2D eigenvalue weighted by molar-refractivity contribution is 0.993. The Morgan fingerprint density at radius 2 is 1.62 bits per heavy atom. The second-order valence-electron chi connectivity index (χ2n) is 5.33. The Balaban J connectivity index is 2.47. The van der Waals surface area contributed by atoms with Crippen LogP contribution in [0, 0.1) is 22.7 Å². The number of hydrogen-bond donors (Lipinski definition) is 1. The van der Waals surface area contributed by atoms with Crippen molar-refractivity contribution in [3.05, 3.63) is 80.1 Å². The van der Waals surface area contributed by atoms with Crippen LogP contribution >= 0.6 is 23.2 Å². The van der Waals surface area contributed by atoms with Crippen molar-refractivity contribution in [3.63, 3.8) is 0 Å². The molecule has 0 unspecified atom stereocenters. The van der Waals surface area contributed by atoms with E-state index in [9.17, 15) is 15.3 Å². The number of nitriles is 2. The van der Waals surface area contributed by atoms with Crippen LogP contribution in [0.4, 0.5) is 5.82 Å². The molecule has 2 aromatic carbocycles. The average Bonchev–Trinajstić information content (AvgIpc) is 2.62. The molecule has 126 valence electrons. The largest absolute Gasteiger partial charge is 0.384 e. The second kappa shape index (κ2) is 6.93. The van der Waals surface area contributed by atoms with E-state index in [1.807, 2.05) is 12.1 Å². The van der Waals surface area contributed by atoms with Gasteiger partial charge >= 0.3 is 0 Å². The molecule has 5 nitrogen and oxygen atoms in total. The molecule has 0 aliphatic carbocycles. The molecule has 0 spiro atoms. The topological polar surface area (TPSA) is 95.6 Å². The van der Waals surface area contributed by atoms with Gasteiger partial charge in [0.2, 0.25) is 0 Å². The van der Waals surface area contributed by atoms with Crippen LogP contribution in [0.2, 0.25) is 10.0 Å². The van der Waals surface area contributed by atoms with Gasteiger partial charge in [-0.2, -0.15) is 10.5 Å². The highest BCUT2D eigenvalue weighted by molar-refractivity contribution is 6.36. The minimum Gasteiger partial charge on any atom is -0.384 e. The van der Waals surface area contributed by atoms with Crippen LogP contribution in [0.25, 0.3) is 16.8 Å². The predicted octanol–water partition coefficient (Wildman–Crippen LogP) is 4.14. The molecule has 1 heterocycles. The van der Waals surface area contributed by atoms with Gasteiger partial charge in [0.1, 0.15) is 29.1 Å². The fraction of sp³-hybridized carbons (Fsp3) is 0. The lowest BCUT2D eigenvalue weighted by Gasteiger charge is -2.16. The van der Waals surface area contributed by atoms with E-state index >= 15 is 0 Å². The van der Waals surface area contributed by atoms with E-state index in [-0.39, 0.29) is 27.5 Å². The first-order valence-electron chi connectivity index (χ1n) is 7.39. The summed E-state index contributed by atoms with van der Waals surface area (Å²) in [5.74, 6) is -0.0660. The maximum Gasteiger partial charge on any atom is 0.275 e. The maximum atomic E-state index is 12.9. The molecule has 0 aliphatic heterocycles. The number of rotatable bonds is 2. The van der Waals surface area contributed by atoms with Crippen LogP contribution in [0.3, 0.4) is 0 Å². The van der Waals surface area contributed by atoms with Crippen molar-refractivity contribution in [3.8, 4) is 29.0 Å². The number of nitrogen functional groups attached to an aromatic ring is 1. The van der Waals surface area contributed by atoms with Gasteiger partial charge < -0.3 is 5.73 Å². The number of anilines is 1. The van der Waals surface area contributed by atoms with Gasteiger partial charge in [-0.1, -0.05) is 47.5 Å². The molecule has 3 aromatic rings. The highest BCUT2D eigenvalue weighted by atomic mass is 35.5. The number of nitrogens with two attached hydrogens (primary N) is 1. The summed E-state index contributed by atoms with van der Waals surface area (Å²) in [6, 6.07) is 17.0. The fourth-order valence-electron chi connectivity index (χ4n) is 2.70. The first-order chi connectivity index (χ1) is 12.5. The third-order valence-electron chi connectivity index (χ3n) is 3.85. The van der Waals surface area contributed by atoms with Gasteiger partial charge in [-0.05, 0) is 24.3 Å². The summed E-state index contributed by atoms with van der Waals surface area (Å²) in [4.78, 5) is 12.9. The van der Waals surface area contributed by atoms with E-state index in [1.165, 1.54) is 6.07 Å². The SMILES string of the molecule is N#Cc1c(-c2ccc(Cl)cc2Cl)c(C#N)c(=O)n(-c2ccccc2)c1N. The molecule has 0 amide bonds. The summed E-state index contributed by atoms with van der Waals surface area (Å²) in [6.45, 7) is 0. The molecule has 0 atom stereocenters. The third-order valence-corrected chi connectivity index (χ3v) is 4.40. The molecule has 3 rings (SSSR count). The molecule has 7 heteroatoms. The molecular weight excluding hydrogens is 371 g/mol. The highest BCUT2D eigenvalue weighted by Crippen LogP contribution is 2.36. The van der Waals surface area contributed by atoms with Crippen molar-refractivity contribution >= 4 is 29.0 Å². The number of benzene rings is 2. The van der Waals surface area contributed by atoms with Crippen molar-refractivity contribution in [1.82, 2.24) is 4.57 Å². The molecule has 26 heavy (non-hydrogen) atoms. The molecule has 0 saturated carbocycles. The summed E-state index contributed by atoms with van der Waals surface area (Å²) >= 11 is 12.1. The minimum absolute atomic E-state index is 0.00535. The molecule has 0 radical (unpaired) electrons. The van der Waals surface area contributed by atoms with Crippen molar-refractivity contribution in [2.24, 2.45) is 0 Å². The first kappa shape index (κ1) is 17.6. The Labute approximate surface area is 159 Å². The Kier molecular flexibility index (Phi) is 4.69. The monoisotopic (exact) mass is 380 g/mol. The molecule has 0 saturated heterocycles. The number of nitrogens with zero attached hydrogens (tertiary/aromatic N) is 3. The van der Waals surface area contributed by atoms with E-state index < -0.39 is 5.56 Å². The van der Waals surface area contributed by atoms with Crippen LogP contribution in [0.15, 0.2) is 53.3 Å². The summed E-state index contributed by atoms with van der Waals surface area (Å²) in [5.41, 5.74) is 6.18. The zero-order chi connectivity index (χ0) is 18.8. The van der Waals surface area contributed by atoms with Gasteiger partial charge in [0, 0.05) is 21.2 Å². The molecule has 0 fully saturated rings. The quantitative estimate of drug-likeness (QED) is 0.722. The lowest BCUT2D eigenvalue weighted by atomic mass is 9.96. The van der Waals surface area contributed by atoms with Crippen molar-refractivity contribution in [2.75, 3.05) is 5.73 Å². The Hall–Kier alpha value is -3.25. The minimum atomic E-state index is -0.629. The van der Waals surface area contributed by atoms with Crippen LogP contribution in [0.5, 0.6) is 0 Å². The summed E-state index contributed by atoms with van der Waals surface area (Å²) in [6.07, 6.45) is 0. The molecule has 0 aliphatic rings. The van der Waals surface area contributed by atoms with E-state index in [0.717, 1.165) is 4.57 Å². The first-order valence-corrected chi connectivity index (χ1v) is 8.14. The average molecular weight is 381 g/mol. The van der Waals surface area contributed by atoms with Crippen LogP contribution in [0.1, 0.15) is 11.1 Å². The van der Waals surface area contributed by atoms with Crippen LogP contribution < -0.4 is 11.3 Å².